The maximum absolute atomic E-state index is 15.4. The Balaban J connectivity index is 1.70. The van der Waals surface area contributed by atoms with Crippen molar-refractivity contribution in [2.24, 2.45) is 0 Å². The Labute approximate surface area is 275 Å². The van der Waals surface area contributed by atoms with Crippen molar-refractivity contribution in [1.82, 2.24) is 5.32 Å². The molecule has 2 amide bonds. The predicted octanol–water partition coefficient (Wildman–Crippen LogP) is 3.39. The lowest BCUT2D eigenvalue weighted by atomic mass is 9.78. The van der Waals surface area contributed by atoms with Gasteiger partial charge in [0, 0.05) is 24.0 Å². The minimum Gasteiger partial charge on any atom is -0.497 e. The summed E-state index contributed by atoms with van der Waals surface area (Å²) in [5.41, 5.74) is -2.11. The molecular weight excluding hydrogens is 715 g/mol. The van der Waals surface area contributed by atoms with Crippen LogP contribution in [0, 0.1) is 0 Å². The molecule has 0 aliphatic carbocycles. The Hall–Kier alpha value is -4.06. The Morgan fingerprint density at radius 2 is 1.89 bits per heavy atom. The van der Waals surface area contributed by atoms with Crippen LogP contribution in [0.15, 0.2) is 64.0 Å². The molecule has 47 heavy (non-hydrogen) atoms. The predicted molar refractivity (Wildman–Crippen MR) is 161 cm³/mol. The molecule has 0 spiro atoms. The highest BCUT2D eigenvalue weighted by molar-refractivity contribution is 9.10. The minimum atomic E-state index is -5.30. The number of aliphatic hydroxyl groups excluding tert-OH is 1. The third-order valence-corrected chi connectivity index (χ3v) is 11.1. The van der Waals surface area contributed by atoms with Gasteiger partial charge >= 0.3 is 12.3 Å². The van der Waals surface area contributed by atoms with Gasteiger partial charge in [0.15, 0.2) is 23.3 Å². The van der Waals surface area contributed by atoms with E-state index in [1.54, 1.807) is 19.2 Å². The number of sulfonamides is 1. The number of para-hydroxylation sites is 1. The van der Waals surface area contributed by atoms with Crippen LogP contribution in [-0.4, -0.2) is 82.9 Å². The van der Waals surface area contributed by atoms with Crippen LogP contribution in [0.2, 0.25) is 0 Å². The zero-order valence-electron chi connectivity index (χ0n) is 25.0. The number of likely N-dealkylation sites (tertiary alicyclic amines) is 1. The Morgan fingerprint density at radius 3 is 2.57 bits per heavy atom. The van der Waals surface area contributed by atoms with Crippen molar-refractivity contribution in [2.75, 3.05) is 38.8 Å². The van der Waals surface area contributed by atoms with E-state index in [0.717, 1.165) is 18.2 Å². The molecule has 17 heteroatoms. The molecule has 0 saturated carbocycles. The van der Waals surface area contributed by atoms with Crippen molar-refractivity contribution < 1.29 is 59.7 Å². The number of likely N-dealkylation sites (N-methyl/N-ethyl adjacent to an activating group) is 2. The lowest BCUT2D eigenvalue weighted by molar-refractivity contribution is -0.953. The molecule has 3 heterocycles. The summed E-state index contributed by atoms with van der Waals surface area (Å²) in [7, 11) is -1.09. The molecule has 3 aromatic rings. The number of nitrogens with zero attached hydrogens (tertiary/aromatic N) is 2. The van der Waals surface area contributed by atoms with Gasteiger partial charge in [-0.2, -0.15) is 4.31 Å². The molecule has 4 atom stereocenters. The third kappa shape index (κ3) is 4.89. The molecule has 0 aromatic heterocycles. The maximum atomic E-state index is 15.4. The average molecular weight is 744 g/mol. The summed E-state index contributed by atoms with van der Waals surface area (Å²) < 4.78 is 90.8. The summed E-state index contributed by atoms with van der Waals surface area (Å²) in [5.74, 6) is -2.58. The quantitative estimate of drug-likeness (QED) is 0.349. The second kappa shape index (κ2) is 11.3. The highest BCUT2D eigenvalue weighted by Gasteiger charge is 2.72. The van der Waals surface area contributed by atoms with Gasteiger partial charge in [0.2, 0.25) is 12.3 Å². The topological polar surface area (TPSA) is 141 Å². The van der Waals surface area contributed by atoms with E-state index in [9.17, 15) is 31.5 Å². The van der Waals surface area contributed by atoms with Gasteiger partial charge in [-0.05, 0) is 42.5 Å². The Morgan fingerprint density at radius 1 is 1.15 bits per heavy atom. The molecule has 3 aromatic carbocycles. The zero-order chi connectivity index (χ0) is 34.1. The molecule has 0 radical (unpaired) electrons. The number of carbonyl (C=O) groups is 2. The fraction of sp³-hybridized carbons (Fsp3) is 0.333. The van der Waals surface area contributed by atoms with Crippen LogP contribution >= 0.6 is 15.9 Å². The number of aliphatic hydroxyl groups is 1. The monoisotopic (exact) mass is 742 g/mol. The first-order valence-corrected chi connectivity index (χ1v) is 16.3. The summed E-state index contributed by atoms with van der Waals surface area (Å²) in [4.78, 5) is 27.9. The highest BCUT2D eigenvalue weighted by atomic mass is 79.9. The lowest BCUT2D eigenvalue weighted by Gasteiger charge is -2.48. The van der Waals surface area contributed by atoms with Crippen LogP contribution in [0.5, 0.6) is 23.0 Å². The number of halogens is 4. The maximum Gasteiger partial charge on any atom is 0.573 e. The second-order valence-electron chi connectivity index (χ2n) is 11.3. The summed E-state index contributed by atoms with van der Waals surface area (Å²) in [6, 6.07) is 10.6. The van der Waals surface area contributed by atoms with E-state index in [-0.39, 0.29) is 53.8 Å². The summed E-state index contributed by atoms with van der Waals surface area (Å²) >= 11 is 3.41. The molecule has 1 fully saturated rings. The number of quaternary nitrogens is 1. The van der Waals surface area contributed by atoms with E-state index in [4.69, 9.17) is 14.2 Å². The number of methoxy groups -OCH3 is 1. The molecule has 3 aliphatic heterocycles. The zero-order valence-corrected chi connectivity index (χ0v) is 27.4. The van der Waals surface area contributed by atoms with Gasteiger partial charge in [0.1, 0.15) is 23.3 Å². The van der Waals surface area contributed by atoms with Crippen LogP contribution in [0.3, 0.4) is 0 Å². The van der Waals surface area contributed by atoms with Crippen LogP contribution in [0.25, 0.3) is 0 Å². The van der Waals surface area contributed by atoms with Gasteiger partial charge in [-0.1, -0.05) is 22.0 Å². The number of ether oxygens (including phenoxy) is 4. The van der Waals surface area contributed by atoms with E-state index in [1.165, 1.54) is 38.4 Å². The van der Waals surface area contributed by atoms with E-state index in [1.807, 2.05) is 0 Å². The average Bonchev–Trinajstić information content (AvgIpc) is 3.68. The van der Waals surface area contributed by atoms with Gasteiger partial charge in [0.25, 0.3) is 15.9 Å². The van der Waals surface area contributed by atoms with Crippen molar-refractivity contribution in [2.45, 2.75) is 35.4 Å². The molecular formula is C30H28BrF3N3O9S+. The molecule has 2 unspecified atom stereocenters. The smallest absolute Gasteiger partial charge is 0.497 e. The SMILES string of the molecule is CNC(=O)[C@@H]1C[C@@H](O)C[N+]1(C)C1(c2cccc3c2OCO3)C(=O)N(S(=O)(=O)c2ccc(OC)cc2OC(F)(F)F)c2ccc(Br)cc21. The number of carbonyl (C=O) groups excluding carboxylic acids is 2. The Bertz CT molecular complexity index is 1910. The number of hydrogen-bond donors (Lipinski definition) is 2. The second-order valence-corrected chi connectivity index (χ2v) is 14.0. The largest absolute Gasteiger partial charge is 0.573 e. The molecule has 3 aliphatic rings. The van der Waals surface area contributed by atoms with E-state index < -0.39 is 61.0 Å². The lowest BCUT2D eigenvalue weighted by Crippen LogP contribution is -2.69. The van der Waals surface area contributed by atoms with Crippen molar-refractivity contribution in [3.05, 3.63) is 70.2 Å². The fourth-order valence-electron chi connectivity index (χ4n) is 6.99. The van der Waals surface area contributed by atoms with E-state index >= 15 is 4.79 Å². The Kier molecular flexibility index (Phi) is 7.89. The van der Waals surface area contributed by atoms with Gasteiger partial charge < -0.3 is 29.4 Å². The van der Waals surface area contributed by atoms with Crippen molar-refractivity contribution in [3.8, 4) is 23.0 Å². The first-order chi connectivity index (χ1) is 22.1. The molecule has 2 N–H and O–H groups in total. The minimum absolute atomic E-state index is 0.0849. The molecule has 250 valence electrons. The van der Waals surface area contributed by atoms with Crippen LogP contribution in [0.1, 0.15) is 17.5 Å². The van der Waals surface area contributed by atoms with Crippen LogP contribution < -0.4 is 28.6 Å². The van der Waals surface area contributed by atoms with E-state index in [0.29, 0.717) is 8.78 Å². The van der Waals surface area contributed by atoms with Crippen molar-refractivity contribution in [3.63, 3.8) is 0 Å². The summed E-state index contributed by atoms with van der Waals surface area (Å²) in [6.45, 7) is -0.418. The van der Waals surface area contributed by atoms with Gasteiger partial charge in [-0.3, -0.25) is 14.1 Å². The first-order valence-electron chi connectivity index (χ1n) is 14.1. The summed E-state index contributed by atoms with van der Waals surface area (Å²) in [5, 5.41) is 13.6. The fourth-order valence-corrected chi connectivity index (χ4v) is 8.92. The normalized spacial score (nSPS) is 25.1. The molecule has 0 bridgehead atoms. The third-order valence-electron chi connectivity index (χ3n) is 8.83. The van der Waals surface area contributed by atoms with E-state index in [2.05, 4.69) is 26.0 Å². The molecule has 6 rings (SSSR count). The van der Waals surface area contributed by atoms with Crippen molar-refractivity contribution in [1.29, 1.82) is 0 Å². The van der Waals surface area contributed by atoms with Gasteiger partial charge in [-0.15, -0.1) is 13.2 Å². The number of fused-ring (bicyclic) bond motifs is 2. The van der Waals surface area contributed by atoms with Crippen LogP contribution in [-0.2, 0) is 25.2 Å². The van der Waals surface area contributed by atoms with Gasteiger partial charge in [0.05, 0.1) is 31.0 Å². The number of rotatable bonds is 7. The first kappa shape index (κ1) is 32.9. The highest BCUT2D eigenvalue weighted by Crippen LogP contribution is 2.59. The number of benzene rings is 3. The summed E-state index contributed by atoms with van der Waals surface area (Å²) in [6.07, 6.45) is -6.49. The number of anilines is 1. The van der Waals surface area contributed by atoms with Crippen LogP contribution in [0.4, 0.5) is 18.9 Å². The molecule has 1 saturated heterocycles. The molecule has 12 nitrogen and oxygen atoms in total. The number of hydrogen-bond acceptors (Lipinski definition) is 9. The number of amides is 2. The number of alkyl halides is 3. The standard InChI is InChI=1S/C30H27BrF3N3O9S/c1-35-27(39)22-12-17(38)14-37(22,2)29(19-5-4-6-23-26(19)45-15-44-23)20-11-16(31)7-9-21(20)36(28(29)40)47(41,42)25-10-8-18(43-3)13-24(25)46-30(32,33)34/h4-11,13,17,22,38H,12,14-15H2,1-3H3/p+1/t17-,22+,29?,37?/m1/s1. The number of nitrogens with one attached hydrogen (secondary N) is 1. The van der Waals surface area contributed by atoms with Crippen molar-refractivity contribution >= 4 is 43.5 Å². The van der Waals surface area contributed by atoms with Gasteiger partial charge in [-0.25, -0.2) is 8.42 Å².